The van der Waals surface area contributed by atoms with Crippen molar-refractivity contribution >= 4 is 11.9 Å². The summed E-state index contributed by atoms with van der Waals surface area (Å²) in [6, 6.07) is 21.2. The SMILES string of the molecule is CN1C(C)(C)CC(OC(=O)CC(=O)OC2CC(C)(C)N(C)C(C)(C)C2)CC1(C)C.c1ccc(CCc2ccccc2)cc1. The van der Waals surface area contributed by atoms with Crippen LogP contribution in [0.5, 0.6) is 0 Å². The zero-order valence-electron chi connectivity index (χ0n) is 28.4. The minimum absolute atomic E-state index is 0.0709. The first-order valence-corrected chi connectivity index (χ1v) is 15.9. The molecule has 2 aromatic carbocycles. The topological polar surface area (TPSA) is 59.1 Å². The smallest absolute Gasteiger partial charge is 0.317 e. The highest BCUT2D eigenvalue weighted by molar-refractivity contribution is 5.91. The minimum Gasteiger partial charge on any atom is -0.462 e. The summed E-state index contributed by atoms with van der Waals surface area (Å²) in [5.74, 6) is -0.967. The van der Waals surface area contributed by atoms with E-state index in [1.807, 2.05) is 0 Å². The first-order chi connectivity index (χ1) is 19.9. The van der Waals surface area contributed by atoms with E-state index in [1.54, 1.807) is 0 Å². The third-order valence-electron chi connectivity index (χ3n) is 9.81. The standard InChI is InChI=1S/C23H42N2O4.C14H14/c1-20(2)12-16(13-21(3,4)24(20)9)28-18(26)11-19(27)29-17-14-22(5,6)25(10)23(7,8)15-17;1-3-7-13(8-4-1)11-12-14-9-5-2-6-10-14/h16-17H,11-15H2,1-10H3;1-10H,11-12H2. The van der Waals surface area contributed by atoms with Crippen molar-refractivity contribution in [3.8, 4) is 0 Å². The summed E-state index contributed by atoms with van der Waals surface area (Å²) in [6.07, 6.45) is 4.60. The van der Waals surface area contributed by atoms with Gasteiger partial charge >= 0.3 is 11.9 Å². The summed E-state index contributed by atoms with van der Waals surface area (Å²) in [6.45, 7) is 17.3. The van der Waals surface area contributed by atoms with E-state index in [-0.39, 0.29) is 40.8 Å². The number of rotatable bonds is 7. The lowest BCUT2D eigenvalue weighted by atomic mass is 9.78. The average molecular weight is 593 g/mol. The highest BCUT2D eigenvalue weighted by Gasteiger charge is 2.46. The fraction of sp³-hybridized carbons (Fsp3) is 0.622. The molecule has 2 aliphatic heterocycles. The first-order valence-electron chi connectivity index (χ1n) is 15.9. The van der Waals surface area contributed by atoms with Gasteiger partial charge in [-0.1, -0.05) is 60.7 Å². The van der Waals surface area contributed by atoms with Gasteiger partial charge in [0.05, 0.1) is 0 Å². The van der Waals surface area contributed by atoms with E-state index >= 15 is 0 Å². The second-order valence-corrected chi connectivity index (χ2v) is 15.1. The molecule has 0 amide bonds. The van der Waals surface area contributed by atoms with Crippen LogP contribution in [0.2, 0.25) is 0 Å². The van der Waals surface area contributed by atoms with Gasteiger partial charge in [-0.05, 0) is 93.5 Å². The van der Waals surface area contributed by atoms with Crippen molar-refractivity contribution in [3.05, 3.63) is 71.8 Å². The minimum atomic E-state index is -0.484. The van der Waals surface area contributed by atoms with E-state index in [0.717, 1.165) is 38.5 Å². The fourth-order valence-corrected chi connectivity index (χ4v) is 6.88. The maximum Gasteiger partial charge on any atom is 0.317 e. The van der Waals surface area contributed by atoms with Gasteiger partial charge in [0.2, 0.25) is 0 Å². The van der Waals surface area contributed by atoms with Crippen LogP contribution in [0.4, 0.5) is 0 Å². The number of carbonyl (C=O) groups excluding carboxylic acids is 2. The van der Waals surface area contributed by atoms with E-state index in [2.05, 4.69) is 140 Å². The molecule has 6 nitrogen and oxygen atoms in total. The van der Waals surface area contributed by atoms with E-state index in [1.165, 1.54) is 11.1 Å². The Morgan fingerprint density at radius 1 is 0.581 bits per heavy atom. The maximum absolute atomic E-state index is 12.4. The molecule has 0 saturated carbocycles. The second-order valence-electron chi connectivity index (χ2n) is 15.1. The number of aryl methyl sites for hydroxylation is 2. The Kier molecular flexibility index (Phi) is 11.3. The van der Waals surface area contributed by atoms with Crippen LogP contribution in [0.25, 0.3) is 0 Å². The first kappa shape index (κ1) is 34.8. The van der Waals surface area contributed by atoms with Crippen molar-refractivity contribution in [2.45, 2.75) is 135 Å². The monoisotopic (exact) mass is 592 g/mol. The summed E-state index contributed by atoms with van der Waals surface area (Å²) >= 11 is 0. The van der Waals surface area contributed by atoms with Crippen LogP contribution >= 0.6 is 0 Å². The molecule has 2 aliphatic rings. The van der Waals surface area contributed by atoms with Crippen molar-refractivity contribution in [1.29, 1.82) is 0 Å². The second kappa shape index (κ2) is 13.9. The third-order valence-corrected chi connectivity index (χ3v) is 9.81. The molecule has 2 fully saturated rings. The highest BCUT2D eigenvalue weighted by Crippen LogP contribution is 2.39. The van der Waals surface area contributed by atoms with Gasteiger partial charge in [0.15, 0.2) is 0 Å². The van der Waals surface area contributed by atoms with Crippen LogP contribution in [0.15, 0.2) is 60.7 Å². The number of carbonyl (C=O) groups is 2. The summed E-state index contributed by atoms with van der Waals surface area (Å²) in [5, 5.41) is 0. The third kappa shape index (κ3) is 9.90. The number of hydrogen-bond donors (Lipinski definition) is 0. The van der Waals surface area contributed by atoms with Crippen molar-refractivity contribution in [2.75, 3.05) is 14.1 Å². The van der Waals surface area contributed by atoms with Crippen LogP contribution in [-0.4, -0.2) is 70.2 Å². The quantitative estimate of drug-likeness (QED) is 0.250. The Morgan fingerprint density at radius 2 is 0.860 bits per heavy atom. The molecular weight excluding hydrogens is 536 g/mol. The van der Waals surface area contributed by atoms with Crippen molar-refractivity contribution in [3.63, 3.8) is 0 Å². The van der Waals surface area contributed by atoms with E-state index in [9.17, 15) is 9.59 Å². The molecule has 2 saturated heterocycles. The van der Waals surface area contributed by atoms with Gasteiger partial charge in [-0.3, -0.25) is 19.4 Å². The van der Waals surface area contributed by atoms with Crippen LogP contribution in [0.1, 0.15) is 98.6 Å². The molecule has 2 aromatic rings. The lowest BCUT2D eigenvalue weighted by molar-refractivity contribution is -0.169. The molecule has 0 radical (unpaired) electrons. The van der Waals surface area contributed by atoms with Gasteiger partial charge in [0.25, 0.3) is 0 Å². The molecule has 238 valence electrons. The number of benzene rings is 2. The summed E-state index contributed by atoms with van der Waals surface area (Å²) < 4.78 is 11.4. The summed E-state index contributed by atoms with van der Waals surface area (Å²) in [4.78, 5) is 29.5. The predicted molar refractivity (Wildman–Crippen MR) is 175 cm³/mol. The highest BCUT2D eigenvalue weighted by atomic mass is 16.6. The molecule has 6 heteroatoms. The fourth-order valence-electron chi connectivity index (χ4n) is 6.88. The van der Waals surface area contributed by atoms with Gasteiger partial charge in [-0.2, -0.15) is 0 Å². The lowest BCUT2D eigenvalue weighted by Gasteiger charge is -2.53. The molecule has 0 spiro atoms. The molecule has 0 aliphatic carbocycles. The number of esters is 2. The van der Waals surface area contributed by atoms with Crippen LogP contribution in [0, 0.1) is 0 Å². The van der Waals surface area contributed by atoms with Crippen LogP contribution in [0.3, 0.4) is 0 Å². The van der Waals surface area contributed by atoms with Crippen molar-refractivity contribution in [2.24, 2.45) is 0 Å². The van der Waals surface area contributed by atoms with Gasteiger partial charge in [0, 0.05) is 47.8 Å². The van der Waals surface area contributed by atoms with Crippen molar-refractivity contribution < 1.29 is 19.1 Å². The van der Waals surface area contributed by atoms with Gasteiger partial charge in [-0.15, -0.1) is 0 Å². The van der Waals surface area contributed by atoms with E-state index < -0.39 is 11.9 Å². The van der Waals surface area contributed by atoms with E-state index in [0.29, 0.717) is 0 Å². The largest absolute Gasteiger partial charge is 0.462 e. The Balaban J connectivity index is 0.000000299. The number of ether oxygens (including phenoxy) is 2. The van der Waals surface area contributed by atoms with Crippen LogP contribution < -0.4 is 0 Å². The molecule has 0 unspecified atom stereocenters. The van der Waals surface area contributed by atoms with Gasteiger partial charge in [0.1, 0.15) is 18.6 Å². The van der Waals surface area contributed by atoms with Gasteiger partial charge < -0.3 is 9.47 Å². The molecule has 43 heavy (non-hydrogen) atoms. The maximum atomic E-state index is 12.4. The molecular formula is C37H56N2O4. The molecule has 4 rings (SSSR count). The molecule has 0 N–H and O–H groups in total. The number of piperidine rings is 2. The van der Waals surface area contributed by atoms with Crippen molar-refractivity contribution in [1.82, 2.24) is 9.80 Å². The Morgan fingerprint density at radius 3 is 1.14 bits per heavy atom. The molecule has 0 bridgehead atoms. The Bertz CT molecular complexity index is 1060. The number of nitrogens with zero attached hydrogens (tertiary/aromatic N) is 2. The normalized spacial score (nSPS) is 21.7. The van der Waals surface area contributed by atoms with E-state index in [4.69, 9.17) is 9.47 Å². The summed E-state index contributed by atoms with van der Waals surface area (Å²) in [5.41, 5.74) is 2.54. The lowest BCUT2D eigenvalue weighted by Crippen LogP contribution is -2.60. The molecule has 0 aromatic heterocycles. The van der Waals surface area contributed by atoms with Crippen LogP contribution in [-0.2, 0) is 31.9 Å². The summed E-state index contributed by atoms with van der Waals surface area (Å²) in [7, 11) is 4.22. The molecule has 0 atom stereocenters. The molecule has 2 heterocycles. The zero-order valence-corrected chi connectivity index (χ0v) is 28.4. The van der Waals surface area contributed by atoms with Gasteiger partial charge in [-0.25, -0.2) is 0 Å². The predicted octanol–water partition coefficient (Wildman–Crippen LogP) is 7.24. The number of hydrogen-bond acceptors (Lipinski definition) is 6. The zero-order chi connectivity index (χ0) is 32.1. The average Bonchev–Trinajstić information content (AvgIpc) is 2.90. The number of likely N-dealkylation sites (tertiary alicyclic amines) is 2. The Labute approximate surface area is 261 Å². The Hall–Kier alpha value is -2.70.